The number of rotatable bonds is 6. The Bertz CT molecular complexity index is 407. The van der Waals surface area contributed by atoms with Gasteiger partial charge in [0.15, 0.2) is 0 Å². The average molecular weight is 267 g/mol. The quantitative estimate of drug-likeness (QED) is 0.746. The van der Waals surface area contributed by atoms with Crippen molar-refractivity contribution in [2.75, 3.05) is 13.2 Å². The second-order valence-corrected chi connectivity index (χ2v) is 3.89. The number of carbonyl (C=O) groups excluding carboxylic acids is 2. The Morgan fingerprint density at radius 3 is 2.53 bits per heavy atom. The maximum atomic E-state index is 11.4. The largest absolute Gasteiger partial charge is 0.464 e. The summed E-state index contributed by atoms with van der Waals surface area (Å²) in [5.74, 6) is -0.474. The lowest BCUT2D eigenvalue weighted by Gasteiger charge is -2.15. The fourth-order valence-electron chi connectivity index (χ4n) is 1.29. The molecule has 0 aromatic heterocycles. The Morgan fingerprint density at radius 2 is 1.95 bits per heavy atom. The highest BCUT2D eigenvalue weighted by molar-refractivity contribution is 5.68. The van der Waals surface area contributed by atoms with Gasteiger partial charge in [-0.3, -0.25) is 4.79 Å². The Morgan fingerprint density at radius 1 is 1.26 bits per heavy atom. The molecule has 0 aliphatic rings. The Hall–Kier alpha value is -2.08. The molecule has 0 fully saturated rings. The third kappa shape index (κ3) is 6.42. The van der Waals surface area contributed by atoms with Crippen LogP contribution in [0.2, 0.25) is 0 Å². The van der Waals surface area contributed by atoms with Crippen molar-refractivity contribution in [1.82, 2.24) is 5.32 Å². The van der Waals surface area contributed by atoms with Crippen LogP contribution in [-0.4, -0.2) is 36.4 Å². The lowest BCUT2D eigenvalue weighted by atomic mass is 10.2. The summed E-state index contributed by atoms with van der Waals surface area (Å²) in [5, 5.41) is 11.4. The minimum atomic E-state index is -0.674. The maximum Gasteiger partial charge on any atom is 0.407 e. The van der Waals surface area contributed by atoms with Crippen molar-refractivity contribution in [1.29, 1.82) is 0 Å². The molecular formula is C13H17NO5. The SMILES string of the molecule is CC(=O)OCC(CO)NC(=O)OCc1ccccc1. The van der Waals surface area contributed by atoms with Crippen molar-refractivity contribution < 1.29 is 24.2 Å². The van der Waals surface area contributed by atoms with Crippen LogP contribution in [0.1, 0.15) is 12.5 Å². The van der Waals surface area contributed by atoms with Crippen LogP contribution >= 0.6 is 0 Å². The number of hydrogen-bond donors (Lipinski definition) is 2. The highest BCUT2D eigenvalue weighted by atomic mass is 16.6. The van der Waals surface area contributed by atoms with Gasteiger partial charge in [0.05, 0.1) is 12.6 Å². The summed E-state index contributed by atoms with van der Waals surface area (Å²) >= 11 is 0. The predicted octanol–water partition coefficient (Wildman–Crippen LogP) is 0.837. The molecule has 0 spiro atoms. The molecule has 19 heavy (non-hydrogen) atoms. The number of carbonyl (C=O) groups is 2. The third-order valence-electron chi connectivity index (χ3n) is 2.24. The van der Waals surface area contributed by atoms with Crippen molar-refractivity contribution in [2.45, 2.75) is 19.6 Å². The van der Waals surface area contributed by atoms with Gasteiger partial charge in [-0.1, -0.05) is 30.3 Å². The van der Waals surface area contributed by atoms with E-state index < -0.39 is 18.1 Å². The van der Waals surface area contributed by atoms with E-state index in [-0.39, 0.29) is 19.8 Å². The molecule has 1 rings (SSSR count). The molecule has 1 unspecified atom stereocenters. The molecule has 0 saturated heterocycles. The van der Waals surface area contributed by atoms with E-state index in [4.69, 9.17) is 9.84 Å². The molecule has 0 heterocycles. The number of nitrogens with one attached hydrogen (secondary N) is 1. The third-order valence-corrected chi connectivity index (χ3v) is 2.24. The summed E-state index contributed by atoms with van der Waals surface area (Å²) in [6, 6.07) is 8.53. The zero-order valence-corrected chi connectivity index (χ0v) is 10.7. The van der Waals surface area contributed by atoms with Gasteiger partial charge in [0.2, 0.25) is 0 Å². The van der Waals surface area contributed by atoms with Gasteiger partial charge in [-0.2, -0.15) is 0 Å². The number of ether oxygens (including phenoxy) is 2. The van der Waals surface area contributed by atoms with Gasteiger partial charge in [0.1, 0.15) is 13.2 Å². The fraction of sp³-hybridized carbons (Fsp3) is 0.385. The molecule has 0 bridgehead atoms. The Balaban J connectivity index is 2.30. The van der Waals surface area contributed by atoms with Crippen LogP contribution in [0.5, 0.6) is 0 Å². The highest BCUT2D eigenvalue weighted by Crippen LogP contribution is 2.00. The molecule has 0 saturated carbocycles. The standard InChI is InChI=1S/C13H17NO5/c1-10(16)18-9-12(7-15)14-13(17)19-8-11-5-3-2-4-6-11/h2-6,12,15H,7-9H2,1H3,(H,14,17). The van der Waals surface area contributed by atoms with Gasteiger partial charge >= 0.3 is 12.1 Å². The Labute approximate surface area is 111 Å². The van der Waals surface area contributed by atoms with E-state index in [0.29, 0.717) is 0 Å². The molecule has 104 valence electrons. The summed E-state index contributed by atoms with van der Waals surface area (Å²) in [6.45, 7) is 0.959. The van der Waals surface area contributed by atoms with Gasteiger partial charge in [0.25, 0.3) is 0 Å². The van der Waals surface area contributed by atoms with Crippen LogP contribution < -0.4 is 5.32 Å². The summed E-state index contributed by atoms with van der Waals surface area (Å²) in [4.78, 5) is 22.1. The number of benzene rings is 1. The molecule has 0 radical (unpaired) electrons. The number of hydrogen-bond acceptors (Lipinski definition) is 5. The van der Waals surface area contributed by atoms with Gasteiger partial charge in [-0.25, -0.2) is 4.79 Å². The van der Waals surface area contributed by atoms with Gasteiger partial charge < -0.3 is 19.9 Å². The first-order valence-corrected chi connectivity index (χ1v) is 5.83. The van der Waals surface area contributed by atoms with Gasteiger partial charge in [0, 0.05) is 6.92 Å². The smallest absolute Gasteiger partial charge is 0.407 e. The molecule has 1 atom stereocenters. The molecular weight excluding hydrogens is 250 g/mol. The summed E-state index contributed by atoms with van der Waals surface area (Å²) in [6.07, 6.45) is -0.671. The van der Waals surface area contributed by atoms with Gasteiger partial charge in [-0.05, 0) is 5.56 Å². The van der Waals surface area contributed by atoms with E-state index in [9.17, 15) is 9.59 Å². The zero-order chi connectivity index (χ0) is 14.1. The zero-order valence-electron chi connectivity index (χ0n) is 10.7. The number of alkyl carbamates (subject to hydrolysis) is 1. The van der Waals surface area contributed by atoms with Crippen molar-refractivity contribution in [3.63, 3.8) is 0 Å². The molecule has 6 nitrogen and oxygen atoms in total. The van der Waals surface area contributed by atoms with Crippen LogP contribution in [0.4, 0.5) is 4.79 Å². The number of aliphatic hydroxyl groups is 1. The summed E-state index contributed by atoms with van der Waals surface area (Å²) in [5.41, 5.74) is 0.859. The minimum absolute atomic E-state index is 0.0910. The maximum absolute atomic E-state index is 11.4. The second kappa shape index (κ2) is 8.10. The predicted molar refractivity (Wildman–Crippen MR) is 67.3 cm³/mol. The molecule has 2 N–H and O–H groups in total. The number of esters is 1. The van der Waals surface area contributed by atoms with E-state index in [1.807, 2.05) is 30.3 Å². The average Bonchev–Trinajstić information content (AvgIpc) is 2.42. The molecule has 1 aromatic rings. The van der Waals surface area contributed by atoms with Crippen LogP contribution in [0.25, 0.3) is 0 Å². The fourth-order valence-corrected chi connectivity index (χ4v) is 1.29. The lowest BCUT2D eigenvalue weighted by Crippen LogP contribution is -2.41. The molecule has 1 amide bonds. The van der Waals surface area contributed by atoms with E-state index in [1.165, 1.54) is 6.92 Å². The highest BCUT2D eigenvalue weighted by Gasteiger charge is 2.13. The first-order valence-electron chi connectivity index (χ1n) is 5.83. The van der Waals surface area contributed by atoms with Gasteiger partial charge in [-0.15, -0.1) is 0 Å². The minimum Gasteiger partial charge on any atom is -0.464 e. The van der Waals surface area contributed by atoms with E-state index in [1.54, 1.807) is 0 Å². The topological polar surface area (TPSA) is 84.9 Å². The van der Waals surface area contributed by atoms with E-state index >= 15 is 0 Å². The normalized spacial score (nSPS) is 11.5. The monoisotopic (exact) mass is 267 g/mol. The van der Waals surface area contributed by atoms with E-state index in [0.717, 1.165) is 5.56 Å². The van der Waals surface area contributed by atoms with Crippen molar-refractivity contribution >= 4 is 12.1 Å². The molecule has 1 aromatic carbocycles. The van der Waals surface area contributed by atoms with Crippen LogP contribution in [0.15, 0.2) is 30.3 Å². The Kier molecular flexibility index (Phi) is 6.38. The van der Waals surface area contributed by atoms with Crippen LogP contribution in [-0.2, 0) is 20.9 Å². The van der Waals surface area contributed by atoms with Crippen LogP contribution in [0, 0.1) is 0 Å². The van der Waals surface area contributed by atoms with Crippen molar-refractivity contribution in [3.8, 4) is 0 Å². The summed E-state index contributed by atoms with van der Waals surface area (Å²) in [7, 11) is 0. The second-order valence-electron chi connectivity index (χ2n) is 3.89. The molecule has 0 aliphatic carbocycles. The van der Waals surface area contributed by atoms with Crippen molar-refractivity contribution in [3.05, 3.63) is 35.9 Å². The molecule has 0 aliphatic heterocycles. The van der Waals surface area contributed by atoms with Crippen LogP contribution in [0.3, 0.4) is 0 Å². The lowest BCUT2D eigenvalue weighted by molar-refractivity contribution is -0.141. The number of aliphatic hydroxyl groups excluding tert-OH is 1. The summed E-state index contributed by atoms with van der Waals surface area (Å²) < 4.78 is 9.65. The van der Waals surface area contributed by atoms with Crippen molar-refractivity contribution in [2.24, 2.45) is 0 Å². The number of amides is 1. The first kappa shape index (κ1) is 15.0. The van der Waals surface area contributed by atoms with E-state index in [2.05, 4.69) is 10.1 Å². The molecule has 6 heteroatoms. The first-order chi connectivity index (χ1) is 9.11.